The van der Waals surface area contributed by atoms with Crippen LogP contribution in [0.4, 0.5) is 5.69 Å². The lowest BCUT2D eigenvalue weighted by Gasteiger charge is -2.13. The van der Waals surface area contributed by atoms with E-state index >= 15 is 0 Å². The number of aryl methyl sites for hydroxylation is 1. The second-order valence-electron chi connectivity index (χ2n) is 6.22. The molecule has 0 aliphatic heterocycles. The highest BCUT2D eigenvalue weighted by atomic mass is 16.6. The summed E-state index contributed by atoms with van der Waals surface area (Å²) in [6.45, 7) is 1.75. The molecule has 0 fully saturated rings. The molecule has 0 unspecified atom stereocenters. The lowest BCUT2D eigenvalue weighted by atomic mass is 10.1. The Morgan fingerprint density at radius 3 is 2.33 bits per heavy atom. The van der Waals surface area contributed by atoms with E-state index in [1.54, 1.807) is 19.1 Å². The lowest BCUT2D eigenvalue weighted by Crippen LogP contribution is -2.18. The number of carbonyl (C=O) groups is 1. The molecule has 0 spiro atoms. The number of non-ortho nitro benzene ring substituents is 1. The van der Waals surface area contributed by atoms with Crippen molar-refractivity contribution in [3.8, 4) is 17.2 Å². The Kier molecular flexibility index (Phi) is 5.86. The standard InChI is InChI=1S/C20H19N3O7/c1-11-5-12-7-14(30-18(12)15(6-11)23(25)26)10-21-22-20(24)13-8-16(27-2)19(29-4)17(9-13)28-3/h5-10H,1-4H3,(H,22,24)/b21-10+. The molecule has 0 aliphatic rings. The molecule has 156 valence electrons. The van der Waals surface area contributed by atoms with Crippen molar-refractivity contribution in [1.82, 2.24) is 5.43 Å². The van der Waals surface area contributed by atoms with Crippen LogP contribution in [-0.4, -0.2) is 38.4 Å². The molecule has 0 radical (unpaired) electrons. The van der Waals surface area contributed by atoms with Gasteiger partial charge in [-0.15, -0.1) is 0 Å². The van der Waals surface area contributed by atoms with Gasteiger partial charge < -0.3 is 18.6 Å². The van der Waals surface area contributed by atoms with E-state index in [1.165, 1.54) is 45.7 Å². The van der Waals surface area contributed by atoms with Crippen LogP contribution in [0.2, 0.25) is 0 Å². The number of fused-ring (bicyclic) bond motifs is 1. The van der Waals surface area contributed by atoms with Crippen molar-refractivity contribution < 1.29 is 28.3 Å². The van der Waals surface area contributed by atoms with Crippen LogP contribution < -0.4 is 19.6 Å². The number of nitro benzene ring substituents is 1. The third-order valence-corrected chi connectivity index (χ3v) is 4.24. The number of methoxy groups -OCH3 is 3. The molecule has 30 heavy (non-hydrogen) atoms. The van der Waals surface area contributed by atoms with E-state index < -0.39 is 10.8 Å². The lowest BCUT2D eigenvalue weighted by molar-refractivity contribution is -0.383. The summed E-state index contributed by atoms with van der Waals surface area (Å²) < 4.78 is 21.2. The van der Waals surface area contributed by atoms with E-state index in [-0.39, 0.29) is 22.6 Å². The summed E-state index contributed by atoms with van der Waals surface area (Å²) in [5, 5.41) is 15.6. The first-order valence-electron chi connectivity index (χ1n) is 8.70. The summed E-state index contributed by atoms with van der Waals surface area (Å²) in [6, 6.07) is 7.76. The fourth-order valence-electron chi connectivity index (χ4n) is 2.93. The number of benzene rings is 2. The number of nitrogens with zero attached hydrogens (tertiary/aromatic N) is 2. The number of nitro groups is 1. The van der Waals surface area contributed by atoms with Gasteiger partial charge in [0.05, 0.1) is 32.5 Å². The molecular formula is C20H19N3O7. The van der Waals surface area contributed by atoms with E-state index in [0.717, 1.165) is 5.56 Å². The number of ether oxygens (including phenoxy) is 3. The number of hydrogen-bond donors (Lipinski definition) is 1. The fourth-order valence-corrected chi connectivity index (χ4v) is 2.93. The van der Waals surface area contributed by atoms with Gasteiger partial charge in [0, 0.05) is 17.0 Å². The number of rotatable bonds is 7. The van der Waals surface area contributed by atoms with E-state index in [0.29, 0.717) is 22.6 Å². The van der Waals surface area contributed by atoms with Crippen LogP contribution in [0.25, 0.3) is 11.0 Å². The molecule has 1 N–H and O–H groups in total. The third kappa shape index (κ3) is 4.02. The number of nitrogens with one attached hydrogen (secondary N) is 1. The summed E-state index contributed by atoms with van der Waals surface area (Å²) in [4.78, 5) is 23.1. The number of hydrogen-bond acceptors (Lipinski definition) is 8. The van der Waals surface area contributed by atoms with E-state index in [2.05, 4.69) is 10.5 Å². The average molecular weight is 413 g/mol. The average Bonchev–Trinajstić information content (AvgIpc) is 3.13. The SMILES string of the molecule is COc1cc(C(=O)N/N=C/c2cc3cc(C)cc([N+](=O)[O-])c3o2)cc(OC)c1OC. The summed E-state index contributed by atoms with van der Waals surface area (Å²) in [6.07, 6.45) is 1.26. The van der Waals surface area contributed by atoms with Crippen molar-refractivity contribution in [2.24, 2.45) is 5.10 Å². The zero-order valence-corrected chi connectivity index (χ0v) is 16.7. The third-order valence-electron chi connectivity index (χ3n) is 4.24. The molecule has 3 rings (SSSR count). The van der Waals surface area contributed by atoms with Crippen molar-refractivity contribution in [3.05, 3.63) is 57.3 Å². The Morgan fingerprint density at radius 2 is 1.77 bits per heavy atom. The van der Waals surface area contributed by atoms with Gasteiger partial charge in [0.15, 0.2) is 11.5 Å². The highest BCUT2D eigenvalue weighted by molar-refractivity contribution is 5.97. The van der Waals surface area contributed by atoms with Gasteiger partial charge in [0.1, 0.15) is 5.76 Å². The molecule has 1 heterocycles. The molecule has 10 heteroatoms. The fraction of sp³-hybridized carbons (Fsp3) is 0.200. The van der Waals surface area contributed by atoms with Gasteiger partial charge in [-0.1, -0.05) is 0 Å². The van der Waals surface area contributed by atoms with Crippen LogP contribution >= 0.6 is 0 Å². The van der Waals surface area contributed by atoms with Crippen LogP contribution in [0.3, 0.4) is 0 Å². The van der Waals surface area contributed by atoms with E-state index in [1.807, 2.05) is 0 Å². The second kappa shape index (κ2) is 8.52. The van der Waals surface area contributed by atoms with Crippen LogP contribution in [0, 0.1) is 17.0 Å². The Hall–Kier alpha value is -4.08. The maximum absolute atomic E-state index is 12.4. The Morgan fingerprint density at radius 1 is 1.10 bits per heavy atom. The smallest absolute Gasteiger partial charge is 0.312 e. The highest BCUT2D eigenvalue weighted by Gasteiger charge is 2.18. The minimum Gasteiger partial charge on any atom is -0.493 e. The van der Waals surface area contributed by atoms with E-state index in [9.17, 15) is 14.9 Å². The van der Waals surface area contributed by atoms with Gasteiger partial charge in [0.2, 0.25) is 11.3 Å². The van der Waals surface area contributed by atoms with Crippen molar-refractivity contribution in [2.75, 3.05) is 21.3 Å². The summed E-state index contributed by atoms with van der Waals surface area (Å²) >= 11 is 0. The van der Waals surface area contributed by atoms with Gasteiger partial charge >= 0.3 is 5.69 Å². The molecule has 0 saturated carbocycles. The molecule has 0 atom stereocenters. The summed E-state index contributed by atoms with van der Waals surface area (Å²) in [7, 11) is 4.35. The summed E-state index contributed by atoms with van der Waals surface area (Å²) in [5.41, 5.74) is 3.34. The maximum Gasteiger partial charge on any atom is 0.312 e. The Balaban J connectivity index is 1.83. The van der Waals surface area contributed by atoms with Crippen LogP contribution in [0.15, 0.2) is 39.9 Å². The Labute approximate surface area is 171 Å². The number of hydrazone groups is 1. The molecule has 0 bridgehead atoms. The molecule has 2 aromatic carbocycles. The second-order valence-corrected chi connectivity index (χ2v) is 6.22. The van der Waals surface area contributed by atoms with Crippen molar-refractivity contribution in [2.45, 2.75) is 6.92 Å². The molecular weight excluding hydrogens is 394 g/mol. The van der Waals surface area contributed by atoms with Gasteiger partial charge in [-0.3, -0.25) is 14.9 Å². The molecule has 1 aromatic heterocycles. The zero-order chi connectivity index (χ0) is 21.8. The maximum atomic E-state index is 12.4. The summed E-state index contributed by atoms with van der Waals surface area (Å²) in [5.74, 6) is 0.739. The predicted octanol–water partition coefficient (Wildman–Crippen LogP) is 3.44. The van der Waals surface area contributed by atoms with E-state index in [4.69, 9.17) is 18.6 Å². The molecule has 3 aromatic rings. The first-order valence-corrected chi connectivity index (χ1v) is 8.70. The normalized spacial score (nSPS) is 10.9. The monoisotopic (exact) mass is 413 g/mol. The first kappa shape index (κ1) is 20.6. The number of amides is 1. The van der Waals surface area contributed by atoms with Gasteiger partial charge in [-0.25, -0.2) is 5.43 Å². The minimum absolute atomic E-state index is 0.133. The largest absolute Gasteiger partial charge is 0.493 e. The number of carbonyl (C=O) groups excluding carboxylic acids is 1. The van der Waals surface area contributed by atoms with Crippen molar-refractivity contribution in [1.29, 1.82) is 0 Å². The molecule has 0 aliphatic carbocycles. The number of furan rings is 1. The van der Waals surface area contributed by atoms with Gasteiger partial charge in [-0.05, 0) is 36.8 Å². The minimum atomic E-state index is -0.525. The topological polar surface area (TPSA) is 125 Å². The molecule has 0 saturated heterocycles. The van der Waals surface area contributed by atoms with Crippen molar-refractivity contribution in [3.63, 3.8) is 0 Å². The van der Waals surface area contributed by atoms with Crippen LogP contribution in [-0.2, 0) is 0 Å². The molecule has 1 amide bonds. The predicted molar refractivity (Wildman–Crippen MR) is 109 cm³/mol. The Bertz CT molecular complexity index is 1130. The molecule has 10 nitrogen and oxygen atoms in total. The van der Waals surface area contributed by atoms with Crippen LogP contribution in [0.1, 0.15) is 21.7 Å². The van der Waals surface area contributed by atoms with Gasteiger partial charge in [0.25, 0.3) is 5.91 Å². The first-order chi connectivity index (χ1) is 14.4. The van der Waals surface area contributed by atoms with Crippen LogP contribution in [0.5, 0.6) is 17.2 Å². The van der Waals surface area contributed by atoms with Gasteiger partial charge in [-0.2, -0.15) is 5.10 Å². The highest BCUT2D eigenvalue weighted by Crippen LogP contribution is 2.38. The zero-order valence-electron chi connectivity index (χ0n) is 16.7. The quantitative estimate of drug-likeness (QED) is 0.357. The van der Waals surface area contributed by atoms with Crippen molar-refractivity contribution >= 4 is 28.8 Å².